The summed E-state index contributed by atoms with van der Waals surface area (Å²) in [4.78, 5) is 12.0. The lowest BCUT2D eigenvalue weighted by Gasteiger charge is -2.10. The highest BCUT2D eigenvalue weighted by Crippen LogP contribution is 2.16. The van der Waals surface area contributed by atoms with Crippen LogP contribution in [0.4, 0.5) is 21.9 Å². The first kappa shape index (κ1) is 16.8. The maximum atomic E-state index is 12.0. The van der Waals surface area contributed by atoms with Gasteiger partial charge in [0.15, 0.2) is 0 Å². The molecule has 3 N–H and O–H groups in total. The zero-order chi connectivity index (χ0) is 17.0. The van der Waals surface area contributed by atoms with Gasteiger partial charge in [0, 0.05) is 17.1 Å². The van der Waals surface area contributed by atoms with E-state index < -0.39 is 10.0 Å². The quantitative estimate of drug-likeness (QED) is 0.802. The average Bonchev–Trinajstić information content (AvgIpc) is 2.43. The van der Waals surface area contributed by atoms with E-state index in [0.717, 1.165) is 17.4 Å². The fraction of sp³-hybridized carbons (Fsp3) is 0.188. The van der Waals surface area contributed by atoms with E-state index in [-0.39, 0.29) is 6.03 Å². The Morgan fingerprint density at radius 1 is 0.826 bits per heavy atom. The predicted molar refractivity (Wildman–Crippen MR) is 93.5 cm³/mol. The van der Waals surface area contributed by atoms with Crippen molar-refractivity contribution in [3.05, 3.63) is 53.6 Å². The molecule has 0 aliphatic rings. The molecule has 0 aliphatic carbocycles. The monoisotopic (exact) mass is 333 g/mol. The van der Waals surface area contributed by atoms with E-state index in [4.69, 9.17) is 0 Å². The van der Waals surface area contributed by atoms with Crippen molar-refractivity contribution >= 4 is 33.1 Å². The number of hydrogen-bond donors (Lipinski definition) is 3. The highest BCUT2D eigenvalue weighted by atomic mass is 32.2. The number of amides is 2. The van der Waals surface area contributed by atoms with E-state index in [1.54, 1.807) is 24.3 Å². The van der Waals surface area contributed by atoms with Crippen molar-refractivity contribution in [3.8, 4) is 0 Å². The number of hydrogen-bond acceptors (Lipinski definition) is 3. The summed E-state index contributed by atoms with van der Waals surface area (Å²) in [5.41, 5.74) is 3.96. The third-order valence-electron chi connectivity index (χ3n) is 3.21. The molecular weight excluding hydrogens is 314 g/mol. The second-order valence-corrected chi connectivity index (χ2v) is 7.08. The third kappa shape index (κ3) is 5.30. The molecule has 0 aliphatic heterocycles. The number of anilines is 3. The molecule has 0 fully saturated rings. The van der Waals surface area contributed by atoms with Crippen LogP contribution in [0.2, 0.25) is 0 Å². The molecule has 122 valence electrons. The number of rotatable bonds is 4. The van der Waals surface area contributed by atoms with Gasteiger partial charge in [-0.1, -0.05) is 6.07 Å². The second kappa shape index (κ2) is 6.70. The first-order chi connectivity index (χ1) is 10.7. The first-order valence-corrected chi connectivity index (χ1v) is 8.85. The molecule has 23 heavy (non-hydrogen) atoms. The molecule has 0 aromatic heterocycles. The predicted octanol–water partition coefficient (Wildman–Crippen LogP) is 3.32. The number of aryl methyl sites for hydroxylation is 2. The minimum absolute atomic E-state index is 0.364. The Morgan fingerprint density at radius 2 is 1.35 bits per heavy atom. The van der Waals surface area contributed by atoms with E-state index in [9.17, 15) is 13.2 Å². The standard InChI is InChI=1S/C16H19N3O3S/c1-11-4-5-15(10-12(11)2)18-16(20)17-13-6-8-14(9-7-13)19-23(3,21)22/h4-10,19H,1-3H3,(H2,17,18,20). The fourth-order valence-corrected chi connectivity index (χ4v) is 2.51. The summed E-state index contributed by atoms with van der Waals surface area (Å²) in [6.07, 6.45) is 1.08. The molecule has 0 atom stereocenters. The van der Waals surface area contributed by atoms with Crippen LogP contribution in [-0.2, 0) is 10.0 Å². The van der Waals surface area contributed by atoms with Gasteiger partial charge in [-0.3, -0.25) is 4.72 Å². The molecular formula is C16H19N3O3S. The van der Waals surface area contributed by atoms with Crippen LogP contribution in [0, 0.1) is 13.8 Å². The van der Waals surface area contributed by atoms with Crippen LogP contribution >= 0.6 is 0 Å². The molecule has 2 rings (SSSR count). The summed E-state index contributed by atoms with van der Waals surface area (Å²) in [5.74, 6) is 0. The van der Waals surface area contributed by atoms with Crippen molar-refractivity contribution in [1.82, 2.24) is 0 Å². The molecule has 6 nitrogen and oxygen atoms in total. The summed E-state index contributed by atoms with van der Waals surface area (Å²) >= 11 is 0. The molecule has 2 aromatic rings. The Hall–Kier alpha value is -2.54. The van der Waals surface area contributed by atoms with Gasteiger partial charge in [-0.2, -0.15) is 0 Å². The lowest BCUT2D eigenvalue weighted by molar-refractivity contribution is 0.262. The largest absolute Gasteiger partial charge is 0.323 e. The van der Waals surface area contributed by atoms with E-state index in [0.29, 0.717) is 17.1 Å². The van der Waals surface area contributed by atoms with Gasteiger partial charge < -0.3 is 10.6 Å². The van der Waals surface area contributed by atoms with Crippen LogP contribution in [0.1, 0.15) is 11.1 Å². The summed E-state index contributed by atoms with van der Waals surface area (Å²) in [7, 11) is -3.31. The minimum atomic E-state index is -3.31. The van der Waals surface area contributed by atoms with Gasteiger partial charge in [0.2, 0.25) is 10.0 Å². The third-order valence-corrected chi connectivity index (χ3v) is 3.82. The van der Waals surface area contributed by atoms with Crippen LogP contribution < -0.4 is 15.4 Å². The summed E-state index contributed by atoms with van der Waals surface area (Å²) in [6, 6.07) is 11.7. The zero-order valence-electron chi connectivity index (χ0n) is 13.2. The highest BCUT2D eigenvalue weighted by molar-refractivity contribution is 7.92. The first-order valence-electron chi connectivity index (χ1n) is 6.96. The summed E-state index contributed by atoms with van der Waals surface area (Å²) < 4.78 is 24.6. The van der Waals surface area contributed by atoms with Crippen molar-refractivity contribution in [2.75, 3.05) is 21.6 Å². The van der Waals surface area contributed by atoms with Crippen LogP contribution in [0.5, 0.6) is 0 Å². The van der Waals surface area contributed by atoms with E-state index >= 15 is 0 Å². The summed E-state index contributed by atoms with van der Waals surface area (Å²) in [5, 5.41) is 5.44. The maximum absolute atomic E-state index is 12.0. The number of nitrogens with one attached hydrogen (secondary N) is 3. The minimum Gasteiger partial charge on any atom is -0.308 e. The maximum Gasteiger partial charge on any atom is 0.323 e. The van der Waals surface area contributed by atoms with Gasteiger partial charge in [0.25, 0.3) is 0 Å². The van der Waals surface area contributed by atoms with Gasteiger partial charge in [0.1, 0.15) is 0 Å². The van der Waals surface area contributed by atoms with Gasteiger partial charge in [0.05, 0.1) is 6.26 Å². The zero-order valence-corrected chi connectivity index (χ0v) is 14.0. The fourth-order valence-electron chi connectivity index (χ4n) is 1.95. The van der Waals surface area contributed by atoms with Crippen molar-refractivity contribution in [2.45, 2.75) is 13.8 Å². The molecule has 0 radical (unpaired) electrons. The van der Waals surface area contributed by atoms with Crippen molar-refractivity contribution in [3.63, 3.8) is 0 Å². The Bertz CT molecular complexity index is 815. The molecule has 0 heterocycles. The Labute approximate surface area is 136 Å². The smallest absolute Gasteiger partial charge is 0.308 e. The number of sulfonamides is 1. The van der Waals surface area contributed by atoms with Crippen molar-refractivity contribution < 1.29 is 13.2 Å². The van der Waals surface area contributed by atoms with Gasteiger partial charge in [-0.15, -0.1) is 0 Å². The Morgan fingerprint density at radius 3 is 1.91 bits per heavy atom. The molecule has 0 saturated heterocycles. The van der Waals surface area contributed by atoms with E-state index in [1.807, 2.05) is 32.0 Å². The molecule has 0 spiro atoms. The number of carbonyl (C=O) groups is 1. The molecule has 2 aromatic carbocycles. The SMILES string of the molecule is Cc1ccc(NC(=O)Nc2ccc(NS(C)(=O)=O)cc2)cc1C. The molecule has 2 amide bonds. The van der Waals surface area contributed by atoms with Gasteiger partial charge >= 0.3 is 6.03 Å². The highest BCUT2D eigenvalue weighted by Gasteiger charge is 2.05. The molecule has 0 unspecified atom stereocenters. The molecule has 0 saturated carbocycles. The van der Waals surface area contributed by atoms with Crippen LogP contribution in [-0.4, -0.2) is 20.7 Å². The average molecular weight is 333 g/mol. The van der Waals surface area contributed by atoms with Crippen molar-refractivity contribution in [1.29, 1.82) is 0 Å². The van der Waals surface area contributed by atoms with Crippen molar-refractivity contribution in [2.24, 2.45) is 0 Å². The lowest BCUT2D eigenvalue weighted by atomic mass is 10.1. The topological polar surface area (TPSA) is 87.3 Å². The Kier molecular flexibility index (Phi) is 4.90. The van der Waals surface area contributed by atoms with Crippen LogP contribution in [0.3, 0.4) is 0 Å². The number of benzene rings is 2. The van der Waals surface area contributed by atoms with Gasteiger partial charge in [-0.05, 0) is 61.4 Å². The Balaban J connectivity index is 1.98. The second-order valence-electron chi connectivity index (χ2n) is 5.33. The van der Waals surface area contributed by atoms with E-state index in [2.05, 4.69) is 15.4 Å². The number of carbonyl (C=O) groups excluding carboxylic acids is 1. The van der Waals surface area contributed by atoms with E-state index in [1.165, 1.54) is 0 Å². The molecule has 0 bridgehead atoms. The normalized spacial score (nSPS) is 10.9. The van der Waals surface area contributed by atoms with Gasteiger partial charge in [-0.25, -0.2) is 13.2 Å². The van der Waals surface area contributed by atoms with Crippen LogP contribution in [0.25, 0.3) is 0 Å². The summed E-state index contributed by atoms with van der Waals surface area (Å²) in [6.45, 7) is 3.98. The van der Waals surface area contributed by atoms with Crippen LogP contribution in [0.15, 0.2) is 42.5 Å². The molecule has 7 heteroatoms. The lowest BCUT2D eigenvalue weighted by Crippen LogP contribution is -2.19. The number of urea groups is 1.